The summed E-state index contributed by atoms with van der Waals surface area (Å²) in [4.78, 5) is 11.5. The molecule has 14 heavy (non-hydrogen) atoms. The summed E-state index contributed by atoms with van der Waals surface area (Å²) in [5.74, 6) is 0.629. The lowest BCUT2D eigenvalue weighted by Crippen LogP contribution is -1.95. The molecule has 0 fully saturated rings. The number of ether oxygens (including phenoxy) is 1. The summed E-state index contributed by atoms with van der Waals surface area (Å²) in [5, 5.41) is 0.518. The molecule has 0 saturated carbocycles. The van der Waals surface area contributed by atoms with Crippen LogP contribution in [0.4, 0.5) is 0 Å². The first kappa shape index (κ1) is 11.4. The summed E-state index contributed by atoms with van der Waals surface area (Å²) in [6.45, 7) is 2.46. The minimum absolute atomic E-state index is 0.518. The van der Waals surface area contributed by atoms with Gasteiger partial charge in [0.05, 0.1) is 11.6 Å². The highest BCUT2D eigenvalue weighted by molar-refractivity contribution is 7.98. The second-order valence-corrected chi connectivity index (χ2v) is 3.75. The van der Waals surface area contributed by atoms with Gasteiger partial charge >= 0.3 is 0 Å². The first-order valence-corrected chi connectivity index (χ1v) is 5.79. The van der Waals surface area contributed by atoms with Crippen LogP contribution in [0.3, 0.4) is 0 Å². The minimum atomic E-state index is 0.518. The molecule has 1 aromatic carbocycles. The van der Waals surface area contributed by atoms with Crippen LogP contribution < -0.4 is 4.74 Å². The van der Waals surface area contributed by atoms with Gasteiger partial charge in [-0.2, -0.15) is 0 Å². The van der Waals surface area contributed by atoms with Crippen LogP contribution in [0.5, 0.6) is 5.75 Å². The van der Waals surface area contributed by atoms with Crippen LogP contribution in [0, 0.1) is 0 Å². The molecule has 2 nitrogen and oxygen atoms in total. The predicted octanol–water partition coefficient (Wildman–Crippen LogP) is 3.27. The van der Waals surface area contributed by atoms with Crippen LogP contribution in [-0.2, 0) is 0 Å². The third-order valence-electron chi connectivity index (χ3n) is 1.72. The van der Waals surface area contributed by atoms with Crippen LogP contribution >= 0.6 is 23.4 Å². The normalized spacial score (nSPS) is 9.93. The molecule has 4 heteroatoms. The molecule has 1 aromatic rings. The van der Waals surface area contributed by atoms with E-state index in [-0.39, 0.29) is 0 Å². The Morgan fingerprint density at radius 3 is 2.79 bits per heavy atom. The highest BCUT2D eigenvalue weighted by atomic mass is 35.5. The average molecular weight is 231 g/mol. The SMILES string of the molecule is CCOc1ccc(C=O)c(SC)c1Cl. The Hall–Kier alpha value is -0.670. The maximum atomic E-state index is 10.7. The van der Waals surface area contributed by atoms with E-state index in [1.54, 1.807) is 12.1 Å². The maximum absolute atomic E-state index is 10.7. The first-order valence-electron chi connectivity index (χ1n) is 4.19. The molecular formula is C10H11ClO2S. The van der Waals surface area contributed by atoms with Gasteiger partial charge in [-0.3, -0.25) is 4.79 Å². The van der Waals surface area contributed by atoms with E-state index < -0.39 is 0 Å². The Morgan fingerprint density at radius 2 is 2.29 bits per heavy atom. The molecule has 76 valence electrons. The highest BCUT2D eigenvalue weighted by Gasteiger charge is 2.10. The Balaban J connectivity index is 3.20. The van der Waals surface area contributed by atoms with Gasteiger partial charge in [0.25, 0.3) is 0 Å². The second-order valence-electron chi connectivity index (χ2n) is 2.55. The van der Waals surface area contributed by atoms with Gasteiger partial charge in [0, 0.05) is 10.5 Å². The van der Waals surface area contributed by atoms with Crippen molar-refractivity contribution in [1.82, 2.24) is 0 Å². The Morgan fingerprint density at radius 1 is 1.57 bits per heavy atom. The number of aldehydes is 1. The van der Waals surface area contributed by atoms with Crippen LogP contribution in [-0.4, -0.2) is 19.1 Å². The summed E-state index contributed by atoms with van der Waals surface area (Å²) in [6.07, 6.45) is 2.68. The molecule has 0 aliphatic rings. The van der Waals surface area contributed by atoms with E-state index in [1.165, 1.54) is 11.8 Å². The lowest BCUT2D eigenvalue weighted by atomic mass is 10.2. The van der Waals surface area contributed by atoms with Crippen molar-refractivity contribution >= 4 is 29.6 Å². The molecule has 0 radical (unpaired) electrons. The number of benzene rings is 1. The molecule has 0 heterocycles. The van der Waals surface area contributed by atoms with Crippen molar-refractivity contribution in [1.29, 1.82) is 0 Å². The minimum Gasteiger partial charge on any atom is -0.492 e. The van der Waals surface area contributed by atoms with Gasteiger partial charge in [0.2, 0.25) is 0 Å². The molecule has 1 rings (SSSR count). The number of rotatable bonds is 4. The largest absolute Gasteiger partial charge is 0.492 e. The van der Waals surface area contributed by atoms with E-state index in [9.17, 15) is 4.79 Å². The van der Waals surface area contributed by atoms with E-state index in [2.05, 4.69) is 0 Å². The van der Waals surface area contributed by atoms with Crippen molar-refractivity contribution in [2.75, 3.05) is 12.9 Å². The monoisotopic (exact) mass is 230 g/mol. The quantitative estimate of drug-likeness (QED) is 0.587. The number of hydrogen-bond acceptors (Lipinski definition) is 3. The van der Waals surface area contributed by atoms with Crippen LogP contribution in [0.25, 0.3) is 0 Å². The van der Waals surface area contributed by atoms with Crippen molar-refractivity contribution in [3.8, 4) is 5.75 Å². The molecule has 0 unspecified atom stereocenters. The standard InChI is InChI=1S/C10H11ClO2S/c1-3-13-8-5-4-7(6-12)10(14-2)9(8)11/h4-6H,3H2,1-2H3. The van der Waals surface area contributed by atoms with Gasteiger partial charge < -0.3 is 4.74 Å². The van der Waals surface area contributed by atoms with Gasteiger partial charge in [-0.15, -0.1) is 11.8 Å². The molecule has 0 aliphatic heterocycles. The summed E-state index contributed by atoms with van der Waals surface area (Å²) in [6, 6.07) is 3.44. The number of hydrogen-bond donors (Lipinski definition) is 0. The first-order chi connectivity index (χ1) is 6.74. The molecule has 0 amide bonds. The molecule has 0 aromatic heterocycles. The van der Waals surface area contributed by atoms with E-state index >= 15 is 0 Å². The summed E-state index contributed by atoms with van der Waals surface area (Å²) >= 11 is 7.51. The highest BCUT2D eigenvalue weighted by Crippen LogP contribution is 2.35. The van der Waals surface area contributed by atoms with E-state index in [0.29, 0.717) is 22.9 Å². The van der Waals surface area contributed by atoms with E-state index in [1.807, 2.05) is 13.2 Å². The summed E-state index contributed by atoms with van der Waals surface area (Å²) < 4.78 is 5.32. The fourth-order valence-electron chi connectivity index (χ4n) is 1.12. The number of thioether (sulfide) groups is 1. The topological polar surface area (TPSA) is 26.3 Å². The Bertz CT molecular complexity index is 339. The Kier molecular flexibility index (Phi) is 4.29. The van der Waals surface area contributed by atoms with Gasteiger partial charge in [-0.05, 0) is 25.3 Å². The lowest BCUT2D eigenvalue weighted by Gasteiger charge is -2.10. The fraction of sp³-hybridized carbons (Fsp3) is 0.300. The fourth-order valence-corrected chi connectivity index (χ4v) is 2.21. The molecule has 0 saturated heterocycles. The zero-order chi connectivity index (χ0) is 10.6. The van der Waals surface area contributed by atoms with Crippen molar-refractivity contribution in [2.24, 2.45) is 0 Å². The van der Waals surface area contributed by atoms with Gasteiger partial charge in [-0.1, -0.05) is 11.6 Å². The predicted molar refractivity (Wildman–Crippen MR) is 59.8 cm³/mol. The van der Waals surface area contributed by atoms with Crippen LogP contribution in [0.1, 0.15) is 17.3 Å². The molecule has 0 bridgehead atoms. The third kappa shape index (κ3) is 2.22. The molecule has 0 N–H and O–H groups in total. The van der Waals surface area contributed by atoms with Crippen molar-refractivity contribution in [3.05, 3.63) is 22.7 Å². The number of carbonyl (C=O) groups excluding carboxylic acids is 1. The molecular weight excluding hydrogens is 220 g/mol. The van der Waals surface area contributed by atoms with Gasteiger partial charge in [0.15, 0.2) is 6.29 Å². The summed E-state index contributed by atoms with van der Waals surface area (Å²) in [7, 11) is 0. The number of halogens is 1. The molecule has 0 spiro atoms. The van der Waals surface area contributed by atoms with Gasteiger partial charge in [0.1, 0.15) is 5.75 Å². The van der Waals surface area contributed by atoms with Crippen molar-refractivity contribution in [3.63, 3.8) is 0 Å². The van der Waals surface area contributed by atoms with Crippen molar-refractivity contribution < 1.29 is 9.53 Å². The van der Waals surface area contributed by atoms with Crippen LogP contribution in [0.15, 0.2) is 17.0 Å². The van der Waals surface area contributed by atoms with E-state index in [4.69, 9.17) is 16.3 Å². The smallest absolute Gasteiger partial charge is 0.151 e. The lowest BCUT2D eigenvalue weighted by molar-refractivity contribution is 0.112. The number of carbonyl (C=O) groups is 1. The van der Waals surface area contributed by atoms with Crippen molar-refractivity contribution in [2.45, 2.75) is 11.8 Å². The van der Waals surface area contributed by atoms with E-state index in [0.717, 1.165) is 11.2 Å². The average Bonchev–Trinajstić information content (AvgIpc) is 2.21. The Labute approximate surface area is 92.6 Å². The summed E-state index contributed by atoms with van der Waals surface area (Å²) in [5.41, 5.74) is 0.603. The van der Waals surface area contributed by atoms with Gasteiger partial charge in [-0.25, -0.2) is 0 Å². The third-order valence-corrected chi connectivity index (χ3v) is 3.06. The molecule has 0 atom stereocenters. The zero-order valence-electron chi connectivity index (χ0n) is 8.04. The van der Waals surface area contributed by atoms with Crippen LogP contribution in [0.2, 0.25) is 5.02 Å². The molecule has 0 aliphatic carbocycles. The zero-order valence-corrected chi connectivity index (χ0v) is 9.61. The second kappa shape index (κ2) is 5.27. The maximum Gasteiger partial charge on any atom is 0.151 e.